The summed E-state index contributed by atoms with van der Waals surface area (Å²) in [6.45, 7) is 13.7. The van der Waals surface area contributed by atoms with E-state index >= 15 is 0 Å². The molecule has 6 atom stereocenters. The number of benzene rings is 2. The van der Waals surface area contributed by atoms with Gasteiger partial charge in [0.1, 0.15) is 36.4 Å². The van der Waals surface area contributed by atoms with Crippen molar-refractivity contribution < 1.29 is 33.4 Å². The van der Waals surface area contributed by atoms with Gasteiger partial charge in [-0.15, -0.1) is 43.1 Å². The van der Waals surface area contributed by atoms with Crippen LogP contribution in [0.3, 0.4) is 0 Å². The summed E-state index contributed by atoms with van der Waals surface area (Å²) in [6.07, 6.45) is -1.11. The zero-order chi connectivity index (χ0) is 48.2. The van der Waals surface area contributed by atoms with E-state index in [2.05, 4.69) is 46.0 Å². The van der Waals surface area contributed by atoms with Crippen LogP contribution in [0.15, 0.2) is 64.0 Å². The highest BCUT2D eigenvalue weighted by Crippen LogP contribution is 2.33. The minimum absolute atomic E-state index is 0.00205. The van der Waals surface area contributed by atoms with Crippen LogP contribution in [0.1, 0.15) is 98.3 Å². The van der Waals surface area contributed by atoms with E-state index in [1.165, 1.54) is 9.80 Å². The maximum atomic E-state index is 14.4. The number of aliphatic hydroxyl groups excluding tert-OH is 1. The lowest BCUT2D eigenvalue weighted by atomic mass is 9.93. The molecular formula is C48H57N11O7S2. The Labute approximate surface area is 402 Å². The van der Waals surface area contributed by atoms with Gasteiger partial charge in [-0.3, -0.25) is 19.2 Å². The summed E-state index contributed by atoms with van der Waals surface area (Å²) in [7, 11) is 0. The van der Waals surface area contributed by atoms with Crippen LogP contribution in [-0.2, 0) is 43.6 Å². The van der Waals surface area contributed by atoms with Gasteiger partial charge < -0.3 is 39.7 Å². The van der Waals surface area contributed by atoms with E-state index in [1.54, 1.807) is 29.6 Å². The SMILES string of the molecule is Cc1nnc([C@H](C(=O)N2C[C@H](OCc3nnc([C@H](C(=O)N4C[C@H](O)C[C@H]4C(=O)NCc4ccc(-c5scnc5C)cc4)C(C)C)[nH]3)C[C@H]2C(=O)NCc2ccc(-c3scnc3C)cc2)C(C)C)o1. The molecule has 2 fully saturated rings. The number of β-amino-alcohol motifs (C(OH)–C–C–N with tert-alkyl or cyclic N) is 1. The molecule has 2 saturated heterocycles. The number of likely N-dealkylation sites (tertiary alicyclic amines) is 2. The van der Waals surface area contributed by atoms with Crippen LogP contribution in [0.25, 0.3) is 20.9 Å². The Balaban J connectivity index is 0.915. The van der Waals surface area contributed by atoms with Gasteiger partial charge in [0, 0.05) is 45.9 Å². The molecule has 0 aliphatic carbocycles. The van der Waals surface area contributed by atoms with Gasteiger partial charge in [-0.1, -0.05) is 76.2 Å². The van der Waals surface area contributed by atoms with Crippen LogP contribution >= 0.6 is 22.7 Å². The van der Waals surface area contributed by atoms with Crippen molar-refractivity contribution >= 4 is 46.3 Å². The van der Waals surface area contributed by atoms with E-state index in [9.17, 15) is 24.3 Å². The van der Waals surface area contributed by atoms with Gasteiger partial charge in [0.25, 0.3) is 0 Å². The molecule has 0 radical (unpaired) electrons. The maximum Gasteiger partial charge on any atom is 0.243 e. The number of hydrogen-bond donors (Lipinski definition) is 4. The smallest absolute Gasteiger partial charge is 0.243 e. The number of aromatic amines is 1. The summed E-state index contributed by atoms with van der Waals surface area (Å²) in [6, 6.07) is 14.1. The molecule has 6 heterocycles. The van der Waals surface area contributed by atoms with Gasteiger partial charge in [0.05, 0.1) is 44.4 Å². The molecule has 358 valence electrons. The molecule has 4 aromatic heterocycles. The molecule has 20 heteroatoms. The minimum Gasteiger partial charge on any atom is -0.425 e. The Morgan fingerprint density at radius 1 is 0.735 bits per heavy atom. The molecule has 0 bridgehead atoms. The topological polar surface area (TPSA) is 235 Å². The second-order valence-corrected chi connectivity index (χ2v) is 19.9. The van der Waals surface area contributed by atoms with Crippen molar-refractivity contribution in [1.29, 1.82) is 0 Å². The lowest BCUT2D eigenvalue weighted by molar-refractivity contribution is -0.141. The lowest BCUT2D eigenvalue weighted by Crippen LogP contribution is -2.48. The number of nitrogens with zero attached hydrogens (tertiary/aromatic N) is 8. The molecule has 4 amide bonds. The number of amides is 4. The summed E-state index contributed by atoms with van der Waals surface area (Å²) < 4.78 is 12.1. The predicted octanol–water partition coefficient (Wildman–Crippen LogP) is 5.62. The average molecular weight is 964 g/mol. The molecular weight excluding hydrogens is 907 g/mol. The van der Waals surface area contributed by atoms with E-state index in [0.717, 1.165) is 43.4 Å². The molecule has 6 aromatic rings. The largest absolute Gasteiger partial charge is 0.425 e. The Morgan fingerprint density at radius 2 is 1.26 bits per heavy atom. The molecule has 2 aliphatic heterocycles. The summed E-state index contributed by atoms with van der Waals surface area (Å²) >= 11 is 3.15. The number of ether oxygens (including phenoxy) is 1. The molecule has 2 aromatic carbocycles. The van der Waals surface area contributed by atoms with E-state index < -0.39 is 36.1 Å². The number of nitrogens with one attached hydrogen (secondary N) is 3. The first-order valence-electron chi connectivity index (χ1n) is 22.8. The molecule has 8 rings (SSSR count). The second-order valence-electron chi connectivity index (χ2n) is 18.2. The fraction of sp³-hybridized carbons (Fsp3) is 0.458. The second kappa shape index (κ2) is 21.0. The first kappa shape index (κ1) is 48.2. The number of carbonyl (C=O) groups is 4. The van der Waals surface area contributed by atoms with Gasteiger partial charge in [0.15, 0.2) is 5.82 Å². The number of aryl methyl sites for hydroxylation is 3. The van der Waals surface area contributed by atoms with Crippen molar-refractivity contribution in [3.63, 3.8) is 0 Å². The third kappa shape index (κ3) is 10.7. The van der Waals surface area contributed by atoms with Crippen LogP contribution in [0.2, 0.25) is 0 Å². The molecule has 4 N–H and O–H groups in total. The van der Waals surface area contributed by atoms with Crippen LogP contribution in [0, 0.1) is 32.6 Å². The van der Waals surface area contributed by atoms with Crippen LogP contribution < -0.4 is 10.6 Å². The third-order valence-corrected chi connectivity index (χ3v) is 14.5. The number of thiazole rings is 2. The molecule has 0 saturated carbocycles. The van der Waals surface area contributed by atoms with Gasteiger partial charge in [-0.2, -0.15) is 0 Å². The van der Waals surface area contributed by atoms with Crippen LogP contribution in [0.4, 0.5) is 0 Å². The quantitative estimate of drug-likeness (QED) is 0.0870. The molecule has 18 nitrogen and oxygen atoms in total. The Hall–Kier alpha value is -6.22. The Morgan fingerprint density at radius 3 is 1.76 bits per heavy atom. The zero-order valence-corrected chi connectivity index (χ0v) is 40.8. The number of H-pyrrole nitrogens is 1. The molecule has 2 aliphatic rings. The normalized spacial score (nSPS) is 19.2. The number of carbonyl (C=O) groups excluding carboxylic acids is 4. The summed E-state index contributed by atoms with van der Waals surface area (Å²) in [5.74, 6) is -2.26. The van der Waals surface area contributed by atoms with Crippen molar-refractivity contribution in [1.82, 2.24) is 55.8 Å². The highest BCUT2D eigenvalue weighted by molar-refractivity contribution is 7.13. The monoisotopic (exact) mass is 963 g/mol. The minimum atomic E-state index is -0.875. The summed E-state index contributed by atoms with van der Waals surface area (Å²) in [5.41, 5.74) is 9.44. The van der Waals surface area contributed by atoms with E-state index in [1.807, 2.05) is 101 Å². The average Bonchev–Trinajstić information content (AvgIpc) is 4.19. The summed E-state index contributed by atoms with van der Waals surface area (Å²) in [5, 5.41) is 33.5. The highest BCUT2D eigenvalue weighted by Gasteiger charge is 2.46. The van der Waals surface area contributed by atoms with Crippen molar-refractivity contribution in [2.75, 3.05) is 13.1 Å². The first-order valence-corrected chi connectivity index (χ1v) is 24.6. The Bertz CT molecular complexity index is 2710. The number of aromatic nitrogens is 7. The van der Waals surface area contributed by atoms with E-state index in [-0.39, 0.29) is 87.0 Å². The standard InChI is InChI=1S/C48H57N11O7S2/c1-25(2)39(47(63)58-20-34(60)16-36(58)44(61)49-18-30-8-12-32(13-9-30)41-27(5)51-23-67-41)43-53-38(55-56-43)22-65-35-17-37(59(21-35)48(64)40(26(3)4)46-57-54-29(7)66-46)45(62)50-19-31-10-14-33(15-11-31)42-28(6)52-24-68-42/h8-15,23-26,34-37,39-40,60H,16-22H2,1-7H3,(H,49,61)(H,50,62)(H,53,55,56)/t34-,35-,36+,37+,39-,40-/m1/s1. The number of rotatable bonds is 17. The Kier molecular flexibility index (Phi) is 14.9. The molecule has 0 unspecified atom stereocenters. The molecule has 0 spiro atoms. The maximum absolute atomic E-state index is 14.4. The van der Waals surface area contributed by atoms with Crippen molar-refractivity contribution in [3.8, 4) is 20.9 Å². The highest BCUT2D eigenvalue weighted by atomic mass is 32.1. The van der Waals surface area contributed by atoms with E-state index in [4.69, 9.17) is 9.15 Å². The number of aliphatic hydroxyl groups is 1. The zero-order valence-electron chi connectivity index (χ0n) is 39.1. The van der Waals surface area contributed by atoms with Crippen LogP contribution in [-0.4, -0.2) is 111 Å². The third-order valence-electron chi connectivity index (χ3n) is 12.5. The van der Waals surface area contributed by atoms with Gasteiger partial charge in [-0.05, 0) is 47.9 Å². The first-order chi connectivity index (χ1) is 32.6. The van der Waals surface area contributed by atoms with Crippen molar-refractivity contribution in [2.24, 2.45) is 11.8 Å². The summed E-state index contributed by atoms with van der Waals surface area (Å²) in [4.78, 5) is 73.4. The van der Waals surface area contributed by atoms with E-state index in [0.29, 0.717) is 17.5 Å². The lowest BCUT2D eigenvalue weighted by Gasteiger charge is -2.28. The van der Waals surface area contributed by atoms with Gasteiger partial charge in [-0.25, -0.2) is 9.97 Å². The number of hydrogen-bond acceptors (Lipinski definition) is 15. The van der Waals surface area contributed by atoms with Gasteiger partial charge in [0.2, 0.25) is 35.4 Å². The fourth-order valence-electron chi connectivity index (χ4n) is 8.94. The predicted molar refractivity (Wildman–Crippen MR) is 254 cm³/mol. The van der Waals surface area contributed by atoms with Crippen molar-refractivity contribution in [3.05, 3.63) is 105 Å². The van der Waals surface area contributed by atoms with Crippen molar-refractivity contribution in [2.45, 2.75) is 117 Å². The fourth-order valence-corrected chi connectivity index (χ4v) is 10.6. The van der Waals surface area contributed by atoms with Crippen LogP contribution in [0.5, 0.6) is 0 Å². The molecule has 68 heavy (non-hydrogen) atoms. The van der Waals surface area contributed by atoms with Gasteiger partial charge >= 0.3 is 0 Å².